The molecule has 2 rings (SSSR count). The molecule has 72 valence electrons. The number of aryl methyl sites for hydroxylation is 1. The van der Waals surface area contributed by atoms with E-state index >= 15 is 0 Å². The van der Waals surface area contributed by atoms with Crippen LogP contribution in [0.5, 0.6) is 0 Å². The first-order chi connectivity index (χ1) is 6.58. The number of oxazole rings is 1. The molecule has 0 amide bonds. The highest BCUT2D eigenvalue weighted by Crippen LogP contribution is 2.21. The third-order valence-corrected chi connectivity index (χ3v) is 2.08. The molecule has 0 unspecified atom stereocenters. The lowest BCUT2D eigenvalue weighted by Gasteiger charge is -1.96. The SMILES string of the molecule is CC(=O)c1nc2cc(C)c(N)cc2o1. The van der Waals surface area contributed by atoms with Crippen LogP contribution in [0.1, 0.15) is 23.2 Å². The van der Waals surface area contributed by atoms with E-state index in [0.717, 1.165) is 5.56 Å². The van der Waals surface area contributed by atoms with Gasteiger partial charge in [-0.3, -0.25) is 4.79 Å². The zero-order chi connectivity index (χ0) is 10.3. The number of aromatic nitrogens is 1. The maximum absolute atomic E-state index is 11.0. The Balaban J connectivity index is 2.72. The highest BCUT2D eigenvalue weighted by atomic mass is 16.4. The van der Waals surface area contributed by atoms with E-state index in [1.807, 2.05) is 6.92 Å². The van der Waals surface area contributed by atoms with Crippen LogP contribution in [-0.4, -0.2) is 10.8 Å². The van der Waals surface area contributed by atoms with Gasteiger partial charge in [0.25, 0.3) is 5.89 Å². The van der Waals surface area contributed by atoms with Gasteiger partial charge >= 0.3 is 0 Å². The van der Waals surface area contributed by atoms with Crippen LogP contribution >= 0.6 is 0 Å². The molecule has 0 saturated carbocycles. The van der Waals surface area contributed by atoms with Crippen molar-refractivity contribution in [2.45, 2.75) is 13.8 Å². The summed E-state index contributed by atoms with van der Waals surface area (Å²) in [6.45, 7) is 3.30. The molecule has 0 aliphatic carbocycles. The summed E-state index contributed by atoms with van der Waals surface area (Å²) in [6.07, 6.45) is 0. The van der Waals surface area contributed by atoms with Gasteiger partial charge in [0, 0.05) is 18.7 Å². The molecule has 0 bridgehead atoms. The number of nitrogen functional groups attached to an aromatic ring is 1. The lowest BCUT2D eigenvalue weighted by molar-refractivity contribution is 0.0983. The van der Waals surface area contributed by atoms with Crippen molar-refractivity contribution in [3.63, 3.8) is 0 Å². The molecule has 0 saturated heterocycles. The molecule has 1 aromatic carbocycles. The molecule has 2 aromatic rings. The van der Waals surface area contributed by atoms with E-state index in [2.05, 4.69) is 4.98 Å². The fraction of sp³-hybridized carbons (Fsp3) is 0.200. The predicted octanol–water partition coefficient (Wildman–Crippen LogP) is 1.92. The monoisotopic (exact) mass is 190 g/mol. The summed E-state index contributed by atoms with van der Waals surface area (Å²) in [6, 6.07) is 3.49. The Bertz CT molecular complexity index is 475. The number of benzene rings is 1. The van der Waals surface area contributed by atoms with Gasteiger partial charge in [0.2, 0.25) is 5.78 Å². The van der Waals surface area contributed by atoms with Crippen LogP contribution in [0.25, 0.3) is 11.1 Å². The molecule has 0 aliphatic heterocycles. The Hall–Kier alpha value is -1.84. The molecule has 1 aromatic heterocycles. The second kappa shape index (κ2) is 2.83. The molecule has 0 atom stereocenters. The molecular formula is C10H10N2O2. The fourth-order valence-electron chi connectivity index (χ4n) is 1.24. The van der Waals surface area contributed by atoms with Gasteiger partial charge in [-0.1, -0.05) is 0 Å². The summed E-state index contributed by atoms with van der Waals surface area (Å²) in [5, 5.41) is 0. The molecule has 2 N–H and O–H groups in total. The van der Waals surface area contributed by atoms with Crippen molar-refractivity contribution in [3.8, 4) is 0 Å². The second-order valence-electron chi connectivity index (χ2n) is 3.25. The normalized spacial score (nSPS) is 10.7. The molecule has 1 heterocycles. The van der Waals surface area contributed by atoms with Gasteiger partial charge in [0.1, 0.15) is 5.52 Å². The van der Waals surface area contributed by atoms with Crippen LogP contribution in [0.4, 0.5) is 5.69 Å². The number of ketones is 1. The number of fused-ring (bicyclic) bond motifs is 1. The number of anilines is 1. The molecule has 0 aliphatic rings. The minimum Gasteiger partial charge on any atom is -0.434 e. The molecule has 4 heteroatoms. The van der Waals surface area contributed by atoms with Crippen LogP contribution in [0.3, 0.4) is 0 Å². The second-order valence-corrected chi connectivity index (χ2v) is 3.25. The number of carbonyl (C=O) groups excluding carboxylic acids is 1. The lowest BCUT2D eigenvalue weighted by atomic mass is 10.2. The van der Waals surface area contributed by atoms with Crippen LogP contribution in [0.2, 0.25) is 0 Å². The highest BCUT2D eigenvalue weighted by Gasteiger charge is 2.10. The number of rotatable bonds is 1. The largest absolute Gasteiger partial charge is 0.434 e. The number of nitrogens with zero attached hydrogens (tertiary/aromatic N) is 1. The van der Waals surface area contributed by atoms with E-state index in [4.69, 9.17) is 10.2 Å². The van der Waals surface area contributed by atoms with E-state index in [1.165, 1.54) is 6.92 Å². The lowest BCUT2D eigenvalue weighted by Crippen LogP contribution is -1.90. The topological polar surface area (TPSA) is 69.1 Å². The Morgan fingerprint density at radius 2 is 2.21 bits per heavy atom. The van der Waals surface area contributed by atoms with E-state index < -0.39 is 0 Å². The Kier molecular flexibility index (Phi) is 1.77. The highest BCUT2D eigenvalue weighted by molar-refractivity contribution is 5.92. The van der Waals surface area contributed by atoms with Crippen LogP contribution in [-0.2, 0) is 0 Å². The van der Waals surface area contributed by atoms with Crippen molar-refractivity contribution in [2.24, 2.45) is 0 Å². The molecule has 14 heavy (non-hydrogen) atoms. The first-order valence-electron chi connectivity index (χ1n) is 4.25. The van der Waals surface area contributed by atoms with Gasteiger partial charge in [0.05, 0.1) is 0 Å². The van der Waals surface area contributed by atoms with Crippen molar-refractivity contribution in [3.05, 3.63) is 23.6 Å². The van der Waals surface area contributed by atoms with Gasteiger partial charge in [-0.2, -0.15) is 0 Å². The summed E-state index contributed by atoms with van der Waals surface area (Å²) in [5.41, 5.74) is 8.49. The van der Waals surface area contributed by atoms with E-state index in [1.54, 1.807) is 12.1 Å². The van der Waals surface area contributed by atoms with Crippen LogP contribution in [0.15, 0.2) is 16.5 Å². The van der Waals surface area contributed by atoms with Gasteiger partial charge in [-0.15, -0.1) is 0 Å². The van der Waals surface area contributed by atoms with Gasteiger partial charge in [0.15, 0.2) is 5.58 Å². The minimum absolute atomic E-state index is 0.130. The maximum Gasteiger partial charge on any atom is 0.263 e. The number of hydrogen-bond acceptors (Lipinski definition) is 4. The zero-order valence-electron chi connectivity index (χ0n) is 8.00. The van der Waals surface area contributed by atoms with Crippen molar-refractivity contribution in [2.75, 3.05) is 5.73 Å². The molecular weight excluding hydrogens is 180 g/mol. The van der Waals surface area contributed by atoms with Crippen LogP contribution in [0, 0.1) is 6.92 Å². The number of nitrogens with two attached hydrogens (primary N) is 1. The van der Waals surface area contributed by atoms with Gasteiger partial charge < -0.3 is 10.2 Å². The third kappa shape index (κ3) is 1.25. The van der Waals surface area contributed by atoms with Crippen molar-refractivity contribution in [1.29, 1.82) is 0 Å². The van der Waals surface area contributed by atoms with Crippen LogP contribution < -0.4 is 5.73 Å². The minimum atomic E-state index is -0.183. The van der Waals surface area contributed by atoms with Crippen molar-refractivity contribution >= 4 is 22.6 Å². The Morgan fingerprint density at radius 1 is 1.50 bits per heavy atom. The summed E-state index contributed by atoms with van der Waals surface area (Å²) in [7, 11) is 0. The predicted molar refractivity (Wildman–Crippen MR) is 53.2 cm³/mol. The Labute approximate surface area is 80.7 Å². The quantitative estimate of drug-likeness (QED) is 0.551. The van der Waals surface area contributed by atoms with E-state index in [0.29, 0.717) is 16.8 Å². The molecule has 0 spiro atoms. The molecule has 0 radical (unpaired) electrons. The first-order valence-corrected chi connectivity index (χ1v) is 4.25. The summed E-state index contributed by atoms with van der Waals surface area (Å²) in [4.78, 5) is 15.0. The zero-order valence-corrected chi connectivity index (χ0v) is 8.00. The van der Waals surface area contributed by atoms with E-state index in [9.17, 15) is 4.79 Å². The fourth-order valence-corrected chi connectivity index (χ4v) is 1.24. The van der Waals surface area contributed by atoms with Gasteiger partial charge in [-0.25, -0.2) is 4.98 Å². The molecule has 4 nitrogen and oxygen atoms in total. The summed E-state index contributed by atoms with van der Waals surface area (Å²) in [5.74, 6) is -0.0533. The summed E-state index contributed by atoms with van der Waals surface area (Å²) < 4.78 is 5.22. The maximum atomic E-state index is 11.0. The summed E-state index contributed by atoms with van der Waals surface area (Å²) >= 11 is 0. The average molecular weight is 190 g/mol. The number of hydrogen-bond donors (Lipinski definition) is 1. The van der Waals surface area contributed by atoms with Gasteiger partial charge in [-0.05, 0) is 18.6 Å². The van der Waals surface area contributed by atoms with E-state index in [-0.39, 0.29) is 11.7 Å². The van der Waals surface area contributed by atoms with Crippen molar-refractivity contribution < 1.29 is 9.21 Å². The number of Topliss-reactive ketones (excluding diaryl/α,β-unsaturated/α-hetero) is 1. The Morgan fingerprint density at radius 3 is 2.86 bits per heavy atom. The standard InChI is InChI=1S/C10H10N2O2/c1-5-3-8-9(4-7(5)11)14-10(12-8)6(2)13/h3-4H,11H2,1-2H3. The van der Waals surface area contributed by atoms with Crippen molar-refractivity contribution in [1.82, 2.24) is 4.98 Å². The average Bonchev–Trinajstić information content (AvgIpc) is 2.48. The third-order valence-electron chi connectivity index (χ3n) is 2.08. The number of carbonyl (C=O) groups is 1. The smallest absolute Gasteiger partial charge is 0.263 e. The molecule has 0 fully saturated rings. The first kappa shape index (κ1) is 8.74.